The van der Waals surface area contributed by atoms with Crippen molar-refractivity contribution in [2.24, 2.45) is 11.3 Å². The first-order valence-corrected chi connectivity index (χ1v) is 9.62. The van der Waals surface area contributed by atoms with Gasteiger partial charge in [0.1, 0.15) is 0 Å². The predicted octanol–water partition coefficient (Wildman–Crippen LogP) is 2.53. The van der Waals surface area contributed by atoms with Crippen molar-refractivity contribution >= 4 is 17.8 Å². The average molecular weight is 310 g/mol. The zero-order valence-electron chi connectivity index (χ0n) is 12.6. The van der Waals surface area contributed by atoms with Crippen molar-refractivity contribution in [2.45, 2.75) is 62.3 Å². The Balaban J connectivity index is 1.33. The fraction of sp³-hybridized carbons (Fsp3) is 0.938. The number of ether oxygens (including phenoxy) is 1. The van der Waals surface area contributed by atoms with Gasteiger partial charge in [0.05, 0.1) is 6.10 Å². The van der Waals surface area contributed by atoms with Crippen LogP contribution < -0.4 is 10.6 Å². The Hall–Kier alpha value is -0.420. The van der Waals surface area contributed by atoms with Crippen LogP contribution in [0.2, 0.25) is 0 Å². The maximum absolute atomic E-state index is 12.3. The van der Waals surface area contributed by atoms with Gasteiger partial charge in [0.15, 0.2) is 0 Å². The molecule has 2 aliphatic carbocycles. The van der Waals surface area contributed by atoms with Crippen molar-refractivity contribution in [3.63, 3.8) is 0 Å². The molecule has 4 atom stereocenters. The summed E-state index contributed by atoms with van der Waals surface area (Å²) in [7, 11) is 0. The summed E-state index contributed by atoms with van der Waals surface area (Å²) in [6, 6.07) is 0.396. The first-order chi connectivity index (χ1) is 10.3. The Morgan fingerprint density at radius 1 is 1.24 bits per heavy atom. The van der Waals surface area contributed by atoms with Crippen LogP contribution in [0.25, 0.3) is 0 Å². The highest BCUT2D eigenvalue weighted by Crippen LogP contribution is 2.60. The summed E-state index contributed by atoms with van der Waals surface area (Å²) < 4.78 is 5.97. The van der Waals surface area contributed by atoms with E-state index in [2.05, 4.69) is 10.6 Å². The van der Waals surface area contributed by atoms with E-state index in [9.17, 15) is 4.79 Å². The van der Waals surface area contributed by atoms with E-state index in [4.69, 9.17) is 4.74 Å². The molecule has 5 heteroatoms. The summed E-state index contributed by atoms with van der Waals surface area (Å²) >= 11 is 1.99. The number of fused-ring (bicyclic) bond motifs is 2. The van der Waals surface area contributed by atoms with Crippen LogP contribution in [0, 0.1) is 11.3 Å². The van der Waals surface area contributed by atoms with E-state index < -0.39 is 0 Å². The highest BCUT2D eigenvalue weighted by Gasteiger charge is 2.65. The number of hydrogen-bond donors (Lipinski definition) is 2. The minimum absolute atomic E-state index is 0.0455. The van der Waals surface area contributed by atoms with Gasteiger partial charge < -0.3 is 15.4 Å². The van der Waals surface area contributed by atoms with Crippen LogP contribution in [0.5, 0.6) is 0 Å². The van der Waals surface area contributed by atoms with Gasteiger partial charge in [-0.05, 0) is 37.9 Å². The number of amides is 2. The Morgan fingerprint density at radius 3 is 2.86 bits per heavy atom. The van der Waals surface area contributed by atoms with Gasteiger partial charge >= 0.3 is 6.03 Å². The zero-order valence-corrected chi connectivity index (χ0v) is 13.4. The fourth-order valence-corrected chi connectivity index (χ4v) is 6.31. The Labute approximate surface area is 131 Å². The third kappa shape index (κ3) is 2.37. The minimum Gasteiger partial charge on any atom is -0.377 e. The van der Waals surface area contributed by atoms with Crippen LogP contribution in [-0.2, 0) is 4.74 Å². The van der Waals surface area contributed by atoms with E-state index in [-0.39, 0.29) is 11.4 Å². The molecule has 118 valence electrons. The summed E-state index contributed by atoms with van der Waals surface area (Å²) in [6.45, 7) is 1.70. The maximum Gasteiger partial charge on any atom is 0.315 e. The lowest BCUT2D eigenvalue weighted by Gasteiger charge is -2.56. The van der Waals surface area contributed by atoms with Gasteiger partial charge in [-0.1, -0.05) is 12.8 Å². The largest absolute Gasteiger partial charge is 0.377 e. The molecule has 2 saturated heterocycles. The van der Waals surface area contributed by atoms with Crippen molar-refractivity contribution in [1.82, 2.24) is 10.6 Å². The third-order valence-electron chi connectivity index (χ3n) is 6.09. The molecule has 0 aromatic heterocycles. The lowest BCUT2D eigenvalue weighted by Crippen LogP contribution is -2.69. The summed E-state index contributed by atoms with van der Waals surface area (Å²) in [6.07, 6.45) is 9.15. The lowest BCUT2D eigenvalue weighted by molar-refractivity contribution is -0.126. The zero-order chi connectivity index (χ0) is 14.3. The second-order valence-corrected chi connectivity index (χ2v) is 8.56. The third-order valence-corrected chi connectivity index (χ3v) is 7.49. The van der Waals surface area contributed by atoms with Gasteiger partial charge in [-0.3, -0.25) is 0 Å². The summed E-state index contributed by atoms with van der Waals surface area (Å²) in [5, 5.41) is 7.03. The molecular formula is C16H26N2O2S. The minimum atomic E-state index is 0.0455. The van der Waals surface area contributed by atoms with Crippen molar-refractivity contribution < 1.29 is 9.53 Å². The Kier molecular flexibility index (Phi) is 3.82. The van der Waals surface area contributed by atoms with E-state index >= 15 is 0 Å². The molecule has 4 aliphatic rings. The number of nitrogens with one attached hydrogen (secondary N) is 2. The molecule has 2 N–H and O–H groups in total. The quantitative estimate of drug-likeness (QED) is 0.842. The number of urea groups is 1. The van der Waals surface area contributed by atoms with Crippen molar-refractivity contribution in [3.05, 3.63) is 0 Å². The molecule has 0 bridgehead atoms. The predicted molar refractivity (Wildman–Crippen MR) is 84.6 cm³/mol. The van der Waals surface area contributed by atoms with E-state index in [1.165, 1.54) is 44.3 Å². The number of carbonyl (C=O) groups is 1. The molecule has 2 amide bonds. The summed E-state index contributed by atoms with van der Waals surface area (Å²) in [5.74, 6) is 1.82. The lowest BCUT2D eigenvalue weighted by atomic mass is 9.54. The van der Waals surface area contributed by atoms with Gasteiger partial charge in [-0.2, -0.15) is 11.8 Å². The van der Waals surface area contributed by atoms with Crippen molar-refractivity contribution in [2.75, 3.05) is 18.9 Å². The molecule has 4 nitrogen and oxygen atoms in total. The first kappa shape index (κ1) is 14.2. The number of hydrogen-bond acceptors (Lipinski definition) is 3. The van der Waals surface area contributed by atoms with Crippen molar-refractivity contribution in [3.8, 4) is 0 Å². The molecule has 0 unspecified atom stereocenters. The smallest absolute Gasteiger partial charge is 0.315 e. The van der Waals surface area contributed by atoms with E-state index in [0.717, 1.165) is 19.6 Å². The monoisotopic (exact) mass is 310 g/mol. The van der Waals surface area contributed by atoms with Crippen LogP contribution in [-0.4, -0.2) is 42.3 Å². The molecule has 2 heterocycles. The highest BCUT2D eigenvalue weighted by atomic mass is 32.2. The van der Waals surface area contributed by atoms with Gasteiger partial charge in [0, 0.05) is 35.8 Å². The molecule has 1 spiro atoms. The molecule has 0 aromatic carbocycles. The van der Waals surface area contributed by atoms with Crippen LogP contribution in [0.3, 0.4) is 0 Å². The van der Waals surface area contributed by atoms with Crippen LogP contribution in [0.1, 0.15) is 44.9 Å². The molecule has 0 aromatic rings. The van der Waals surface area contributed by atoms with Gasteiger partial charge in [-0.15, -0.1) is 0 Å². The highest BCUT2D eigenvalue weighted by molar-refractivity contribution is 8.00. The standard InChI is InChI=1S/C16H26N2O2S/c19-15(17-10-11-4-3-9-21-11)18-13-12-5-8-20-14(12)16(13)6-1-2-7-16/h11-14H,1-10H2,(H2,17,18,19)/t11-,12+,13+,14+/m0/s1. The fourth-order valence-electron chi connectivity index (χ4n) is 5.11. The normalized spacial score (nSPS) is 40.0. The second kappa shape index (κ2) is 5.65. The van der Waals surface area contributed by atoms with E-state index in [1.807, 2.05) is 11.8 Å². The van der Waals surface area contributed by atoms with E-state index in [1.54, 1.807) is 0 Å². The molecule has 4 fully saturated rings. The molecule has 2 saturated carbocycles. The van der Waals surface area contributed by atoms with Crippen LogP contribution in [0.4, 0.5) is 4.79 Å². The van der Waals surface area contributed by atoms with Gasteiger partial charge in [-0.25, -0.2) is 4.79 Å². The van der Waals surface area contributed by atoms with Gasteiger partial charge in [0.2, 0.25) is 0 Å². The molecule has 21 heavy (non-hydrogen) atoms. The summed E-state index contributed by atoms with van der Waals surface area (Å²) in [5.41, 5.74) is 0.264. The topological polar surface area (TPSA) is 50.4 Å². The Morgan fingerprint density at radius 2 is 2.10 bits per heavy atom. The maximum atomic E-state index is 12.3. The average Bonchev–Trinajstić information content (AvgIpc) is 3.22. The SMILES string of the molecule is O=C(NC[C@@H]1CCCS1)N[C@@H]1[C@H]2CCO[C@H]2C12CCCC2. The molecular weight excluding hydrogens is 284 g/mol. The number of thioether (sulfide) groups is 1. The van der Waals surface area contributed by atoms with Crippen LogP contribution >= 0.6 is 11.8 Å². The Bertz CT molecular complexity index is 405. The first-order valence-electron chi connectivity index (χ1n) is 8.57. The molecule has 2 aliphatic heterocycles. The van der Waals surface area contributed by atoms with E-state index in [0.29, 0.717) is 23.3 Å². The van der Waals surface area contributed by atoms with Gasteiger partial charge in [0.25, 0.3) is 0 Å². The number of rotatable bonds is 3. The van der Waals surface area contributed by atoms with Crippen molar-refractivity contribution in [1.29, 1.82) is 0 Å². The van der Waals surface area contributed by atoms with Crippen LogP contribution in [0.15, 0.2) is 0 Å². The molecule has 4 rings (SSSR count). The molecule has 0 radical (unpaired) electrons. The summed E-state index contributed by atoms with van der Waals surface area (Å²) in [4.78, 5) is 12.3. The second-order valence-electron chi connectivity index (χ2n) is 7.15. The number of carbonyl (C=O) groups excluding carboxylic acids is 1.